The van der Waals surface area contributed by atoms with Gasteiger partial charge in [-0.2, -0.15) is 12.7 Å². The lowest BCUT2D eigenvalue weighted by molar-refractivity contribution is -0.125. The van der Waals surface area contributed by atoms with Crippen LogP contribution in [0.4, 0.5) is 5.69 Å². The lowest BCUT2D eigenvalue weighted by atomic mass is 9.64. The van der Waals surface area contributed by atoms with Crippen LogP contribution in [0.5, 0.6) is 5.88 Å². The Balaban J connectivity index is 1.25. The maximum Gasteiger partial charge on any atom is 0.277 e. The smallest absolute Gasteiger partial charge is 0.277 e. The van der Waals surface area contributed by atoms with Gasteiger partial charge in [-0.25, -0.2) is 10.1 Å². The number of nitrogens with two attached hydrogens (primary N) is 1. The van der Waals surface area contributed by atoms with Crippen molar-refractivity contribution in [2.75, 3.05) is 57.8 Å². The minimum Gasteiger partial charge on any atom is -0.477 e. The third-order valence-corrected chi connectivity index (χ3v) is 11.1. The Hall–Kier alpha value is -3.16. The third-order valence-electron chi connectivity index (χ3n) is 10.0. The van der Waals surface area contributed by atoms with E-state index in [9.17, 15) is 13.2 Å². The fourth-order valence-electron chi connectivity index (χ4n) is 7.53. The highest BCUT2D eigenvalue weighted by Gasteiger charge is 2.54. The van der Waals surface area contributed by atoms with Crippen molar-refractivity contribution in [3.8, 4) is 17.0 Å². The average molecular weight is 620 g/mol. The first-order valence-corrected chi connectivity index (χ1v) is 17.3. The SMILES string of the molecule is CN1C(=O)C2(CCC2)c2c1cnc1ccc(-c3cnc(OCCCN4CCCCC4)c(C4CNCCN4S(N)(=O)=O)c3)cc21. The second-order valence-electron chi connectivity index (χ2n) is 12.6. The van der Waals surface area contributed by atoms with E-state index in [2.05, 4.69) is 21.3 Å². The Labute approximate surface area is 258 Å². The van der Waals surface area contributed by atoms with Gasteiger partial charge in [-0.15, -0.1) is 0 Å². The van der Waals surface area contributed by atoms with E-state index < -0.39 is 21.7 Å². The molecule has 3 aliphatic heterocycles. The van der Waals surface area contributed by atoms with E-state index in [1.165, 1.54) is 23.6 Å². The van der Waals surface area contributed by atoms with Crippen molar-refractivity contribution in [1.29, 1.82) is 0 Å². The first-order valence-electron chi connectivity index (χ1n) is 15.8. The van der Waals surface area contributed by atoms with Crippen LogP contribution in [0.1, 0.15) is 62.1 Å². The zero-order chi connectivity index (χ0) is 30.5. The maximum atomic E-state index is 13.3. The number of piperidine rings is 1. The molecule has 11 nitrogen and oxygen atoms in total. The van der Waals surface area contributed by atoms with Crippen LogP contribution >= 0.6 is 0 Å². The number of benzene rings is 1. The molecule has 0 radical (unpaired) electrons. The largest absolute Gasteiger partial charge is 0.477 e. The molecule has 2 aromatic heterocycles. The Kier molecular flexibility index (Phi) is 7.82. The fourth-order valence-corrected chi connectivity index (χ4v) is 8.42. The summed E-state index contributed by atoms with van der Waals surface area (Å²) in [6.45, 7) is 4.90. The Morgan fingerprint density at radius 1 is 1.05 bits per heavy atom. The van der Waals surface area contributed by atoms with Crippen molar-refractivity contribution < 1.29 is 17.9 Å². The van der Waals surface area contributed by atoms with Crippen LogP contribution < -0.4 is 20.1 Å². The van der Waals surface area contributed by atoms with Gasteiger partial charge in [0.05, 0.1) is 35.5 Å². The highest BCUT2D eigenvalue weighted by atomic mass is 32.2. The lowest BCUT2D eigenvalue weighted by Crippen LogP contribution is -2.50. The summed E-state index contributed by atoms with van der Waals surface area (Å²) in [6.07, 6.45) is 11.0. The van der Waals surface area contributed by atoms with Crippen LogP contribution in [0, 0.1) is 0 Å². The van der Waals surface area contributed by atoms with Crippen molar-refractivity contribution in [1.82, 2.24) is 24.5 Å². The van der Waals surface area contributed by atoms with E-state index >= 15 is 0 Å². The van der Waals surface area contributed by atoms with Gasteiger partial charge in [0.1, 0.15) is 0 Å². The third kappa shape index (κ3) is 5.16. The highest BCUT2D eigenvalue weighted by Crippen LogP contribution is 2.55. The van der Waals surface area contributed by atoms with E-state index in [4.69, 9.17) is 14.9 Å². The number of likely N-dealkylation sites (N-methyl/N-ethyl adjacent to an activating group) is 1. The number of pyridine rings is 2. The molecule has 234 valence electrons. The summed E-state index contributed by atoms with van der Waals surface area (Å²) in [5.41, 5.74) is 4.76. The predicted molar refractivity (Wildman–Crippen MR) is 170 cm³/mol. The average Bonchev–Trinajstić information content (AvgIpc) is 3.26. The molecule has 1 amide bonds. The summed E-state index contributed by atoms with van der Waals surface area (Å²) in [7, 11) is -2.12. The molecule has 1 spiro atoms. The van der Waals surface area contributed by atoms with Crippen molar-refractivity contribution in [3.63, 3.8) is 0 Å². The van der Waals surface area contributed by atoms with Crippen molar-refractivity contribution in [2.24, 2.45) is 5.14 Å². The number of rotatable bonds is 8. The molecule has 2 saturated heterocycles. The van der Waals surface area contributed by atoms with Gasteiger partial charge in [0.15, 0.2) is 0 Å². The summed E-state index contributed by atoms with van der Waals surface area (Å²) >= 11 is 0. The number of nitrogens with one attached hydrogen (secondary N) is 1. The molecular formula is C32H41N7O4S. The number of aromatic nitrogens is 2. The van der Waals surface area contributed by atoms with E-state index in [0.717, 1.165) is 78.6 Å². The minimum atomic E-state index is -3.95. The number of carbonyl (C=O) groups excluding carboxylic acids is 1. The van der Waals surface area contributed by atoms with E-state index in [0.29, 0.717) is 31.1 Å². The molecule has 5 heterocycles. The van der Waals surface area contributed by atoms with E-state index in [-0.39, 0.29) is 12.5 Å². The van der Waals surface area contributed by atoms with E-state index in [1.54, 1.807) is 11.1 Å². The fraction of sp³-hybridized carbons (Fsp3) is 0.531. The van der Waals surface area contributed by atoms with Gasteiger partial charge in [-0.05, 0) is 69.0 Å². The van der Waals surface area contributed by atoms with Crippen LogP contribution in [0.25, 0.3) is 22.0 Å². The van der Waals surface area contributed by atoms with Crippen LogP contribution in [0.3, 0.4) is 0 Å². The van der Waals surface area contributed by atoms with Crippen molar-refractivity contribution in [3.05, 3.63) is 47.8 Å². The Morgan fingerprint density at radius 3 is 2.61 bits per heavy atom. The normalized spacial score (nSPS) is 22.4. The summed E-state index contributed by atoms with van der Waals surface area (Å²) in [5.74, 6) is 0.579. The quantitative estimate of drug-likeness (QED) is 0.368. The molecular weight excluding hydrogens is 578 g/mol. The predicted octanol–water partition coefficient (Wildman–Crippen LogP) is 3.10. The monoisotopic (exact) mass is 619 g/mol. The zero-order valence-electron chi connectivity index (χ0n) is 25.3. The number of hydrogen-bond acceptors (Lipinski definition) is 8. The zero-order valence-corrected chi connectivity index (χ0v) is 26.1. The summed E-state index contributed by atoms with van der Waals surface area (Å²) in [6, 6.07) is 7.52. The molecule has 1 aliphatic carbocycles. The molecule has 3 N–H and O–H groups in total. The molecule has 1 unspecified atom stereocenters. The van der Waals surface area contributed by atoms with Gasteiger partial charge in [0.2, 0.25) is 11.8 Å². The van der Waals surface area contributed by atoms with Gasteiger partial charge >= 0.3 is 0 Å². The van der Waals surface area contributed by atoms with Crippen molar-refractivity contribution in [2.45, 2.75) is 56.4 Å². The van der Waals surface area contributed by atoms with Crippen LogP contribution in [0.2, 0.25) is 0 Å². The number of ether oxygens (including phenoxy) is 1. The molecule has 3 fully saturated rings. The summed E-state index contributed by atoms with van der Waals surface area (Å²) < 4.78 is 32.9. The molecule has 3 aromatic rings. The molecule has 7 rings (SSSR count). The minimum absolute atomic E-state index is 0.150. The van der Waals surface area contributed by atoms with Crippen LogP contribution in [0.15, 0.2) is 36.7 Å². The number of hydrogen-bond donors (Lipinski definition) is 2. The topological polar surface area (TPSA) is 134 Å². The number of carbonyl (C=O) groups is 1. The number of anilines is 1. The van der Waals surface area contributed by atoms with Gasteiger partial charge in [0, 0.05) is 61.5 Å². The number of fused-ring (bicyclic) bond motifs is 4. The number of likely N-dealkylation sites (tertiary alicyclic amines) is 1. The molecule has 1 atom stereocenters. The maximum absolute atomic E-state index is 13.3. The van der Waals surface area contributed by atoms with Gasteiger partial charge in [0.25, 0.3) is 10.2 Å². The van der Waals surface area contributed by atoms with Crippen molar-refractivity contribution >= 4 is 32.7 Å². The van der Waals surface area contributed by atoms with Crippen LogP contribution in [-0.2, 0) is 20.4 Å². The van der Waals surface area contributed by atoms with Gasteiger partial charge in [-0.3, -0.25) is 9.78 Å². The Bertz CT molecular complexity index is 1690. The lowest BCUT2D eigenvalue weighted by Gasteiger charge is -2.37. The number of nitrogens with zero attached hydrogens (tertiary/aromatic N) is 5. The molecule has 44 heavy (non-hydrogen) atoms. The van der Waals surface area contributed by atoms with Gasteiger partial charge < -0.3 is 19.9 Å². The first kappa shape index (κ1) is 29.5. The second kappa shape index (κ2) is 11.6. The highest BCUT2D eigenvalue weighted by molar-refractivity contribution is 7.86. The molecule has 12 heteroatoms. The number of piperazine rings is 1. The molecule has 1 aromatic carbocycles. The molecule has 1 saturated carbocycles. The second-order valence-corrected chi connectivity index (χ2v) is 14.1. The van der Waals surface area contributed by atoms with E-state index in [1.807, 2.05) is 31.4 Å². The van der Waals surface area contributed by atoms with Gasteiger partial charge in [-0.1, -0.05) is 18.9 Å². The van der Waals surface area contributed by atoms with Crippen LogP contribution in [-0.4, -0.2) is 86.4 Å². The number of amides is 1. The first-order chi connectivity index (χ1) is 21.3. The standard InChI is InChI=1S/C32H41N7O4S/c1-37-28-21-35-26-8-7-22(17-24(26)29(28)32(31(37)40)9-5-10-32)23-18-25(27-20-34-11-15-39(27)44(33,41)42)30(36-19-23)43-16-6-14-38-12-3-2-4-13-38/h7-8,17-19,21,27,34H,2-6,9-16,20H2,1H3,(H2,33,41,42). The molecule has 0 bridgehead atoms. The Morgan fingerprint density at radius 2 is 1.86 bits per heavy atom. The molecule has 4 aliphatic rings. The summed E-state index contributed by atoms with van der Waals surface area (Å²) in [5, 5.41) is 9.98. The summed E-state index contributed by atoms with van der Waals surface area (Å²) in [4.78, 5) is 27.0.